The van der Waals surface area contributed by atoms with Crippen LogP contribution in [0.25, 0.3) is 0 Å². The minimum Gasteiger partial charge on any atom is -0.366 e. The van der Waals surface area contributed by atoms with Crippen molar-refractivity contribution in [2.75, 3.05) is 24.5 Å². The molecule has 1 fully saturated rings. The normalized spacial score (nSPS) is 17.8. The molecular weight excluding hydrogens is 260 g/mol. The third-order valence-corrected chi connectivity index (χ3v) is 3.55. The highest BCUT2D eigenvalue weighted by Gasteiger charge is 2.32. The lowest BCUT2D eigenvalue weighted by Crippen LogP contribution is -2.58. The van der Waals surface area contributed by atoms with Crippen molar-refractivity contribution in [1.82, 2.24) is 5.32 Å². The number of nitro benzene ring substituents is 1. The summed E-state index contributed by atoms with van der Waals surface area (Å²) < 4.78 is 0. The first-order chi connectivity index (χ1) is 9.33. The Hall–Kier alpha value is -2.15. The molecule has 1 aromatic rings. The number of rotatable bonds is 3. The van der Waals surface area contributed by atoms with Crippen molar-refractivity contribution in [1.29, 1.82) is 0 Å². The number of amides is 1. The van der Waals surface area contributed by atoms with Gasteiger partial charge in [-0.3, -0.25) is 14.9 Å². The van der Waals surface area contributed by atoms with Crippen LogP contribution in [0.5, 0.6) is 0 Å². The number of nitrogens with zero attached hydrogens (tertiary/aromatic N) is 2. The number of nitrogens with two attached hydrogens (primary N) is 1. The molecule has 0 saturated carbocycles. The topological polar surface area (TPSA) is 102 Å². The second-order valence-electron chi connectivity index (χ2n) is 5.46. The van der Waals surface area contributed by atoms with Crippen LogP contribution in [0, 0.1) is 10.1 Å². The van der Waals surface area contributed by atoms with E-state index in [0.29, 0.717) is 12.2 Å². The summed E-state index contributed by atoms with van der Waals surface area (Å²) in [4.78, 5) is 24.0. The first-order valence-corrected chi connectivity index (χ1v) is 6.39. The fourth-order valence-electron chi connectivity index (χ4n) is 2.50. The van der Waals surface area contributed by atoms with Gasteiger partial charge in [0.05, 0.1) is 16.2 Å². The maximum Gasteiger partial charge on any atom is 0.270 e. The van der Waals surface area contributed by atoms with Crippen LogP contribution in [0.15, 0.2) is 18.2 Å². The molecule has 0 unspecified atom stereocenters. The van der Waals surface area contributed by atoms with E-state index in [2.05, 4.69) is 10.2 Å². The molecule has 1 saturated heterocycles. The molecule has 0 aliphatic carbocycles. The molecule has 108 valence electrons. The monoisotopic (exact) mass is 278 g/mol. The van der Waals surface area contributed by atoms with Crippen molar-refractivity contribution in [3.05, 3.63) is 33.9 Å². The zero-order chi connectivity index (χ0) is 14.9. The number of non-ortho nitro benzene ring substituents is 1. The molecular formula is C13H18N4O3. The number of hydrogen-bond donors (Lipinski definition) is 2. The Kier molecular flexibility index (Phi) is 3.63. The van der Waals surface area contributed by atoms with Crippen LogP contribution in [-0.2, 0) is 0 Å². The van der Waals surface area contributed by atoms with Crippen LogP contribution in [-0.4, -0.2) is 36.0 Å². The van der Waals surface area contributed by atoms with E-state index >= 15 is 0 Å². The molecule has 7 nitrogen and oxygen atoms in total. The smallest absolute Gasteiger partial charge is 0.270 e. The number of nitro groups is 1. The van der Waals surface area contributed by atoms with Gasteiger partial charge in [0.15, 0.2) is 0 Å². The minimum absolute atomic E-state index is 0.129. The fraction of sp³-hybridized carbons (Fsp3) is 0.462. The number of hydrogen-bond acceptors (Lipinski definition) is 5. The van der Waals surface area contributed by atoms with Gasteiger partial charge in [-0.1, -0.05) is 0 Å². The quantitative estimate of drug-likeness (QED) is 0.631. The van der Waals surface area contributed by atoms with Crippen LogP contribution in [0.3, 0.4) is 0 Å². The molecule has 0 bridgehead atoms. The second kappa shape index (κ2) is 5.09. The van der Waals surface area contributed by atoms with Gasteiger partial charge in [-0.15, -0.1) is 0 Å². The molecule has 20 heavy (non-hydrogen) atoms. The molecule has 0 atom stereocenters. The van der Waals surface area contributed by atoms with E-state index in [4.69, 9.17) is 5.73 Å². The average Bonchev–Trinajstić information content (AvgIpc) is 2.37. The van der Waals surface area contributed by atoms with Gasteiger partial charge in [0, 0.05) is 37.3 Å². The molecule has 1 aromatic carbocycles. The number of piperazine rings is 1. The molecule has 2 rings (SSSR count). The predicted octanol–water partition coefficient (Wildman–Crippen LogP) is 0.882. The van der Waals surface area contributed by atoms with Crippen molar-refractivity contribution in [2.24, 2.45) is 5.73 Å². The summed E-state index contributed by atoms with van der Waals surface area (Å²) in [6.45, 7) is 6.36. The van der Waals surface area contributed by atoms with Gasteiger partial charge in [-0.2, -0.15) is 0 Å². The number of primary amides is 1. The molecule has 1 amide bonds. The standard InChI is InChI=1S/C13H18N4O3/c1-13(2)8-15-5-6-16(13)11-4-3-9(17(19)20)7-10(11)12(14)18/h3-4,7,15H,5-6,8H2,1-2H3,(H2,14,18). The molecule has 0 radical (unpaired) electrons. The molecule has 7 heteroatoms. The van der Waals surface area contributed by atoms with E-state index in [1.165, 1.54) is 12.1 Å². The first kappa shape index (κ1) is 14.3. The van der Waals surface area contributed by atoms with Crippen molar-refractivity contribution < 1.29 is 9.72 Å². The lowest BCUT2D eigenvalue weighted by Gasteiger charge is -2.45. The highest BCUT2D eigenvalue weighted by molar-refractivity contribution is 5.99. The summed E-state index contributed by atoms with van der Waals surface area (Å²) in [6, 6.07) is 4.25. The van der Waals surface area contributed by atoms with Crippen LogP contribution in [0.1, 0.15) is 24.2 Å². The second-order valence-corrected chi connectivity index (χ2v) is 5.46. The molecule has 0 spiro atoms. The number of anilines is 1. The first-order valence-electron chi connectivity index (χ1n) is 6.39. The summed E-state index contributed by atoms with van der Waals surface area (Å²) in [5.74, 6) is -0.655. The number of benzene rings is 1. The minimum atomic E-state index is -0.655. The largest absolute Gasteiger partial charge is 0.366 e. The van der Waals surface area contributed by atoms with E-state index in [0.717, 1.165) is 13.1 Å². The predicted molar refractivity (Wildman–Crippen MR) is 75.9 cm³/mol. The highest BCUT2D eigenvalue weighted by Crippen LogP contribution is 2.31. The Morgan fingerprint density at radius 3 is 2.75 bits per heavy atom. The maximum absolute atomic E-state index is 11.6. The van der Waals surface area contributed by atoms with Gasteiger partial charge in [-0.25, -0.2) is 0 Å². The Bertz CT molecular complexity index is 557. The zero-order valence-corrected chi connectivity index (χ0v) is 11.5. The van der Waals surface area contributed by atoms with Gasteiger partial charge in [0.1, 0.15) is 0 Å². The van der Waals surface area contributed by atoms with E-state index < -0.39 is 10.8 Å². The van der Waals surface area contributed by atoms with Gasteiger partial charge >= 0.3 is 0 Å². The summed E-state index contributed by atoms with van der Waals surface area (Å²) in [5.41, 5.74) is 5.89. The SMILES string of the molecule is CC1(C)CNCCN1c1ccc([N+](=O)[O-])cc1C(N)=O. The summed E-state index contributed by atoms with van der Waals surface area (Å²) in [7, 11) is 0. The average molecular weight is 278 g/mol. The number of carbonyl (C=O) groups is 1. The van der Waals surface area contributed by atoms with E-state index in [1.54, 1.807) is 6.07 Å². The van der Waals surface area contributed by atoms with Crippen molar-refractivity contribution in [3.63, 3.8) is 0 Å². The lowest BCUT2D eigenvalue weighted by atomic mass is 9.97. The van der Waals surface area contributed by atoms with Crippen LogP contribution in [0.4, 0.5) is 11.4 Å². The van der Waals surface area contributed by atoms with Crippen molar-refractivity contribution in [2.45, 2.75) is 19.4 Å². The van der Waals surface area contributed by atoms with E-state index in [1.807, 2.05) is 13.8 Å². The maximum atomic E-state index is 11.6. The Balaban J connectivity index is 2.50. The van der Waals surface area contributed by atoms with E-state index in [9.17, 15) is 14.9 Å². The highest BCUT2D eigenvalue weighted by atomic mass is 16.6. The summed E-state index contributed by atoms with van der Waals surface area (Å²) in [6.07, 6.45) is 0. The van der Waals surface area contributed by atoms with Crippen LogP contribution >= 0.6 is 0 Å². The van der Waals surface area contributed by atoms with Crippen molar-refractivity contribution in [3.8, 4) is 0 Å². The van der Waals surface area contributed by atoms with Gasteiger partial charge in [0.2, 0.25) is 0 Å². The zero-order valence-electron chi connectivity index (χ0n) is 11.5. The Morgan fingerprint density at radius 1 is 1.50 bits per heavy atom. The van der Waals surface area contributed by atoms with Gasteiger partial charge < -0.3 is 16.0 Å². The van der Waals surface area contributed by atoms with Crippen molar-refractivity contribution >= 4 is 17.3 Å². The fourth-order valence-corrected chi connectivity index (χ4v) is 2.50. The Morgan fingerprint density at radius 2 is 2.20 bits per heavy atom. The van der Waals surface area contributed by atoms with Crippen LogP contribution in [0.2, 0.25) is 0 Å². The van der Waals surface area contributed by atoms with E-state index in [-0.39, 0.29) is 16.8 Å². The summed E-state index contributed by atoms with van der Waals surface area (Å²) in [5, 5.41) is 14.1. The van der Waals surface area contributed by atoms with Gasteiger partial charge in [-0.05, 0) is 19.9 Å². The molecule has 0 aromatic heterocycles. The number of nitrogens with one attached hydrogen (secondary N) is 1. The third-order valence-electron chi connectivity index (χ3n) is 3.55. The lowest BCUT2D eigenvalue weighted by molar-refractivity contribution is -0.384. The molecule has 1 aliphatic heterocycles. The summed E-state index contributed by atoms with van der Waals surface area (Å²) >= 11 is 0. The van der Waals surface area contributed by atoms with Crippen LogP contribution < -0.4 is 16.0 Å². The molecule has 1 heterocycles. The number of carbonyl (C=O) groups excluding carboxylic acids is 1. The van der Waals surface area contributed by atoms with Gasteiger partial charge in [0.25, 0.3) is 11.6 Å². The molecule has 1 aliphatic rings. The Labute approximate surface area is 116 Å². The molecule has 3 N–H and O–H groups in total. The third kappa shape index (κ3) is 2.57.